The third-order valence-electron chi connectivity index (χ3n) is 3.78. The van der Waals surface area contributed by atoms with Crippen molar-refractivity contribution in [1.82, 2.24) is 0 Å². The summed E-state index contributed by atoms with van der Waals surface area (Å²) < 4.78 is 65.6. The van der Waals surface area contributed by atoms with Crippen LogP contribution in [-0.2, 0) is 11.2 Å². The van der Waals surface area contributed by atoms with E-state index in [2.05, 4.69) is 20.7 Å². The van der Waals surface area contributed by atoms with E-state index in [9.17, 15) is 22.4 Å². The lowest BCUT2D eigenvalue weighted by molar-refractivity contribution is -0.274. The van der Waals surface area contributed by atoms with Crippen molar-refractivity contribution in [2.75, 3.05) is 13.7 Å². The zero-order valence-electron chi connectivity index (χ0n) is 13.2. The Balaban J connectivity index is 2.10. The van der Waals surface area contributed by atoms with Crippen LogP contribution in [0.5, 0.6) is 11.5 Å². The van der Waals surface area contributed by atoms with E-state index in [1.807, 2.05) is 0 Å². The van der Waals surface area contributed by atoms with Crippen LogP contribution in [0.3, 0.4) is 0 Å². The number of carbonyl (C=O) groups is 1. The highest BCUT2D eigenvalue weighted by molar-refractivity contribution is 9.10. The number of benzene rings is 2. The van der Waals surface area contributed by atoms with Crippen molar-refractivity contribution in [2.45, 2.75) is 12.8 Å². The maximum absolute atomic E-state index is 14.4. The van der Waals surface area contributed by atoms with Crippen molar-refractivity contribution in [2.24, 2.45) is 0 Å². The van der Waals surface area contributed by atoms with Crippen LogP contribution in [0.2, 0.25) is 0 Å². The molecule has 2 aromatic carbocycles. The standard InChI is InChI=1S/C17H11BrF4O4/c1-24-16(23)14-10-4-5-25-15(10)11(7-12(14)18)9-3-2-8(6-13(9)19)26-17(20,21)22/h2-3,6-7H,4-5H2,1H3. The van der Waals surface area contributed by atoms with E-state index < -0.39 is 23.9 Å². The molecule has 0 spiro atoms. The summed E-state index contributed by atoms with van der Waals surface area (Å²) in [6.45, 7) is 0.291. The highest BCUT2D eigenvalue weighted by Crippen LogP contribution is 2.44. The van der Waals surface area contributed by atoms with Gasteiger partial charge in [-0.15, -0.1) is 13.2 Å². The number of fused-ring (bicyclic) bond motifs is 1. The van der Waals surface area contributed by atoms with E-state index in [1.54, 1.807) is 0 Å². The molecule has 0 bridgehead atoms. The zero-order chi connectivity index (χ0) is 19.1. The Hall–Kier alpha value is -2.29. The first-order chi connectivity index (χ1) is 12.2. The Morgan fingerprint density at radius 1 is 1.23 bits per heavy atom. The molecule has 2 aromatic rings. The summed E-state index contributed by atoms with van der Waals surface area (Å²) in [7, 11) is 1.24. The minimum atomic E-state index is -4.91. The van der Waals surface area contributed by atoms with Crippen LogP contribution in [-0.4, -0.2) is 26.0 Å². The van der Waals surface area contributed by atoms with Crippen LogP contribution in [0.4, 0.5) is 17.6 Å². The van der Waals surface area contributed by atoms with Crippen LogP contribution in [0.15, 0.2) is 28.7 Å². The van der Waals surface area contributed by atoms with Crippen LogP contribution in [0, 0.1) is 5.82 Å². The van der Waals surface area contributed by atoms with Gasteiger partial charge in [-0.25, -0.2) is 9.18 Å². The molecule has 0 fully saturated rings. The molecular weight excluding hydrogens is 424 g/mol. The maximum atomic E-state index is 14.4. The van der Waals surface area contributed by atoms with Crippen LogP contribution in [0.1, 0.15) is 15.9 Å². The van der Waals surface area contributed by atoms with Crippen molar-refractivity contribution in [3.05, 3.63) is 45.7 Å². The second-order valence-electron chi connectivity index (χ2n) is 5.37. The highest BCUT2D eigenvalue weighted by atomic mass is 79.9. The lowest BCUT2D eigenvalue weighted by Gasteiger charge is -2.15. The van der Waals surface area contributed by atoms with E-state index in [-0.39, 0.29) is 11.1 Å². The van der Waals surface area contributed by atoms with E-state index in [0.717, 1.165) is 12.1 Å². The van der Waals surface area contributed by atoms with Gasteiger partial charge in [0.15, 0.2) is 0 Å². The Bertz CT molecular complexity index is 880. The van der Waals surface area contributed by atoms with Gasteiger partial charge in [0.25, 0.3) is 0 Å². The second kappa shape index (κ2) is 6.79. The second-order valence-corrected chi connectivity index (χ2v) is 6.22. The molecule has 0 unspecified atom stereocenters. The molecule has 1 aliphatic rings. The molecule has 26 heavy (non-hydrogen) atoms. The molecule has 0 aliphatic carbocycles. The number of halogens is 5. The molecule has 0 radical (unpaired) electrons. The van der Waals surface area contributed by atoms with Gasteiger partial charge in [-0.3, -0.25) is 0 Å². The zero-order valence-corrected chi connectivity index (χ0v) is 14.8. The normalized spacial score (nSPS) is 13.2. The fraction of sp³-hybridized carbons (Fsp3) is 0.235. The summed E-state index contributed by atoms with van der Waals surface area (Å²) >= 11 is 3.27. The number of carbonyl (C=O) groups excluding carboxylic acids is 1. The predicted molar refractivity (Wildman–Crippen MR) is 86.8 cm³/mol. The molecule has 0 saturated heterocycles. The average molecular weight is 435 g/mol. The summed E-state index contributed by atoms with van der Waals surface area (Å²) in [5.41, 5.74) is 1.17. The van der Waals surface area contributed by atoms with Crippen LogP contribution in [0.25, 0.3) is 11.1 Å². The smallest absolute Gasteiger partial charge is 0.492 e. The Kier molecular flexibility index (Phi) is 4.83. The molecule has 0 N–H and O–H groups in total. The summed E-state index contributed by atoms with van der Waals surface area (Å²) in [6, 6.07) is 4.29. The van der Waals surface area contributed by atoms with Crippen molar-refractivity contribution in [3.63, 3.8) is 0 Å². The first kappa shape index (κ1) is 18.5. The van der Waals surface area contributed by atoms with Crippen molar-refractivity contribution in [1.29, 1.82) is 0 Å². The Morgan fingerprint density at radius 3 is 2.58 bits per heavy atom. The van der Waals surface area contributed by atoms with E-state index >= 15 is 0 Å². The minimum Gasteiger partial charge on any atom is -0.492 e. The first-order valence-corrected chi connectivity index (χ1v) is 8.12. The monoisotopic (exact) mass is 434 g/mol. The molecule has 4 nitrogen and oxygen atoms in total. The fourth-order valence-electron chi connectivity index (χ4n) is 2.78. The number of ether oxygens (including phenoxy) is 3. The van der Waals surface area contributed by atoms with Gasteiger partial charge in [0, 0.05) is 33.7 Å². The molecule has 0 atom stereocenters. The quantitative estimate of drug-likeness (QED) is 0.510. The Labute approximate surface area is 153 Å². The predicted octanol–water partition coefficient (Wildman–Crippen LogP) is 4.88. The van der Waals surface area contributed by atoms with Gasteiger partial charge in [0.1, 0.15) is 17.3 Å². The summed E-state index contributed by atoms with van der Waals surface area (Å²) in [5.74, 6) is -1.85. The van der Waals surface area contributed by atoms with Crippen molar-refractivity contribution in [3.8, 4) is 22.6 Å². The fourth-order valence-corrected chi connectivity index (χ4v) is 3.41. The molecular formula is C17H11BrF4O4. The van der Waals surface area contributed by atoms with Gasteiger partial charge in [-0.1, -0.05) is 0 Å². The molecule has 1 heterocycles. The van der Waals surface area contributed by atoms with Gasteiger partial charge < -0.3 is 14.2 Å². The van der Waals surface area contributed by atoms with Gasteiger partial charge in [0.2, 0.25) is 0 Å². The number of rotatable bonds is 3. The third-order valence-corrected chi connectivity index (χ3v) is 4.41. The van der Waals surface area contributed by atoms with E-state index in [0.29, 0.717) is 40.4 Å². The maximum Gasteiger partial charge on any atom is 0.573 e. The molecule has 1 aliphatic heterocycles. The molecule has 3 rings (SSSR count). The number of esters is 1. The SMILES string of the molecule is COC(=O)c1c(Br)cc(-c2ccc(OC(F)(F)F)cc2F)c2c1CCO2. The number of alkyl halides is 3. The highest BCUT2D eigenvalue weighted by Gasteiger charge is 2.32. The minimum absolute atomic E-state index is 0.0230. The van der Waals surface area contributed by atoms with Gasteiger partial charge >= 0.3 is 12.3 Å². The van der Waals surface area contributed by atoms with Gasteiger partial charge in [-0.2, -0.15) is 0 Å². The van der Waals surface area contributed by atoms with Crippen LogP contribution < -0.4 is 9.47 Å². The lowest BCUT2D eigenvalue weighted by Crippen LogP contribution is -2.17. The number of hydrogen-bond acceptors (Lipinski definition) is 4. The largest absolute Gasteiger partial charge is 0.573 e. The number of methoxy groups -OCH3 is 1. The topological polar surface area (TPSA) is 44.8 Å². The molecule has 9 heteroatoms. The number of hydrogen-bond donors (Lipinski definition) is 0. The van der Waals surface area contributed by atoms with Gasteiger partial charge in [0.05, 0.1) is 19.3 Å². The molecule has 0 amide bonds. The summed E-state index contributed by atoms with van der Waals surface area (Å²) in [6.07, 6.45) is -4.49. The molecule has 0 aromatic heterocycles. The van der Waals surface area contributed by atoms with E-state index in [1.165, 1.54) is 13.2 Å². The lowest BCUT2D eigenvalue weighted by atomic mass is 9.96. The Morgan fingerprint density at radius 2 is 1.96 bits per heavy atom. The molecule has 138 valence electrons. The van der Waals surface area contributed by atoms with Crippen molar-refractivity contribution >= 4 is 21.9 Å². The van der Waals surface area contributed by atoms with Gasteiger partial charge in [-0.05, 0) is 34.1 Å². The summed E-state index contributed by atoms with van der Waals surface area (Å²) in [4.78, 5) is 12.0. The first-order valence-electron chi connectivity index (χ1n) is 7.33. The molecule has 0 saturated carbocycles. The third kappa shape index (κ3) is 3.48. The van der Waals surface area contributed by atoms with Crippen LogP contribution >= 0.6 is 15.9 Å². The van der Waals surface area contributed by atoms with Crippen molar-refractivity contribution < 1.29 is 36.6 Å². The summed E-state index contributed by atoms with van der Waals surface area (Å²) in [5, 5.41) is 0. The van der Waals surface area contributed by atoms with E-state index in [4.69, 9.17) is 9.47 Å². The average Bonchev–Trinajstić information content (AvgIpc) is 3.01.